The van der Waals surface area contributed by atoms with Crippen LogP contribution in [0.15, 0.2) is 18.2 Å². The Kier molecular flexibility index (Phi) is 4.33. The third-order valence-electron chi connectivity index (χ3n) is 3.47. The zero-order valence-corrected chi connectivity index (χ0v) is 12.7. The van der Waals surface area contributed by atoms with E-state index in [4.69, 9.17) is 11.6 Å². The molecule has 1 saturated heterocycles. The summed E-state index contributed by atoms with van der Waals surface area (Å²) in [6.45, 7) is 6.15. The van der Waals surface area contributed by atoms with Gasteiger partial charge in [0.1, 0.15) is 6.04 Å². The van der Waals surface area contributed by atoms with Gasteiger partial charge in [0.25, 0.3) is 0 Å². The molecular weight excluding hydrogens is 276 g/mol. The van der Waals surface area contributed by atoms with Gasteiger partial charge in [-0.15, -0.1) is 0 Å². The first-order valence-corrected chi connectivity index (χ1v) is 7.15. The number of rotatable bonds is 2. The fourth-order valence-corrected chi connectivity index (χ4v) is 2.54. The Balaban J connectivity index is 2.41. The van der Waals surface area contributed by atoms with Crippen molar-refractivity contribution in [3.8, 4) is 0 Å². The molecule has 1 N–H and O–H groups in total. The molecule has 0 spiro atoms. The van der Waals surface area contributed by atoms with Gasteiger partial charge in [0.2, 0.25) is 11.8 Å². The first-order valence-electron chi connectivity index (χ1n) is 6.77. The highest BCUT2D eigenvalue weighted by Crippen LogP contribution is 2.29. The lowest BCUT2D eigenvalue weighted by molar-refractivity contribution is -0.126. The van der Waals surface area contributed by atoms with Gasteiger partial charge in [0, 0.05) is 13.0 Å². The van der Waals surface area contributed by atoms with Crippen molar-refractivity contribution in [1.82, 2.24) is 5.32 Å². The van der Waals surface area contributed by atoms with E-state index in [1.807, 2.05) is 32.9 Å². The second kappa shape index (κ2) is 5.83. The van der Waals surface area contributed by atoms with Gasteiger partial charge in [-0.25, -0.2) is 0 Å². The number of nitrogens with one attached hydrogen (secondary N) is 1. The molecule has 1 aliphatic heterocycles. The lowest BCUT2D eigenvalue weighted by Gasteiger charge is -2.27. The molecule has 4 nitrogen and oxygen atoms in total. The largest absolute Gasteiger partial charge is 0.344 e. The third kappa shape index (κ3) is 2.96. The van der Waals surface area contributed by atoms with Crippen LogP contribution in [0.4, 0.5) is 5.69 Å². The molecule has 1 fully saturated rings. The van der Waals surface area contributed by atoms with Gasteiger partial charge in [-0.3, -0.25) is 9.59 Å². The predicted molar refractivity (Wildman–Crippen MR) is 79.9 cm³/mol. The number of carbonyl (C=O) groups is 2. The van der Waals surface area contributed by atoms with Crippen molar-refractivity contribution in [3.05, 3.63) is 28.8 Å². The van der Waals surface area contributed by atoms with Crippen LogP contribution >= 0.6 is 11.6 Å². The maximum absolute atomic E-state index is 12.6. The van der Waals surface area contributed by atoms with E-state index < -0.39 is 6.04 Å². The van der Waals surface area contributed by atoms with E-state index in [2.05, 4.69) is 5.32 Å². The van der Waals surface area contributed by atoms with Crippen molar-refractivity contribution in [2.45, 2.75) is 33.2 Å². The first kappa shape index (κ1) is 14.9. The Hall–Kier alpha value is -1.55. The van der Waals surface area contributed by atoms with Gasteiger partial charge < -0.3 is 10.2 Å². The van der Waals surface area contributed by atoms with Crippen molar-refractivity contribution in [2.24, 2.45) is 5.92 Å². The molecule has 0 aromatic heterocycles. The van der Waals surface area contributed by atoms with E-state index in [1.165, 1.54) is 0 Å². The van der Waals surface area contributed by atoms with Crippen LogP contribution in [0.2, 0.25) is 5.02 Å². The summed E-state index contributed by atoms with van der Waals surface area (Å²) in [5.41, 5.74) is 1.71. The van der Waals surface area contributed by atoms with Crippen molar-refractivity contribution in [3.63, 3.8) is 0 Å². The zero-order chi connectivity index (χ0) is 14.9. The second-order valence-corrected chi connectivity index (χ2v) is 5.89. The predicted octanol–water partition coefficient (Wildman–Crippen LogP) is 2.53. The SMILES string of the molecule is Cc1ccc(Cl)c(N2CCC(=O)NC(C(C)C)C2=O)c1. The van der Waals surface area contributed by atoms with Crippen molar-refractivity contribution >= 4 is 29.1 Å². The zero-order valence-electron chi connectivity index (χ0n) is 11.9. The number of nitrogens with zero attached hydrogens (tertiary/aromatic N) is 1. The smallest absolute Gasteiger partial charge is 0.249 e. The molecule has 108 valence electrons. The number of aryl methyl sites for hydroxylation is 1. The summed E-state index contributed by atoms with van der Waals surface area (Å²) in [4.78, 5) is 26.0. The van der Waals surface area contributed by atoms with Crippen LogP contribution in [0.1, 0.15) is 25.8 Å². The molecule has 20 heavy (non-hydrogen) atoms. The van der Waals surface area contributed by atoms with E-state index in [0.29, 0.717) is 23.7 Å². The minimum Gasteiger partial charge on any atom is -0.344 e. The van der Waals surface area contributed by atoms with Crippen LogP contribution in [0.25, 0.3) is 0 Å². The maximum Gasteiger partial charge on any atom is 0.249 e. The average molecular weight is 295 g/mol. The van der Waals surface area contributed by atoms with Crippen molar-refractivity contribution in [2.75, 3.05) is 11.4 Å². The Bertz CT molecular complexity index is 543. The number of carbonyl (C=O) groups excluding carboxylic acids is 2. The van der Waals surface area contributed by atoms with Gasteiger partial charge in [-0.2, -0.15) is 0 Å². The molecule has 1 aromatic carbocycles. The van der Waals surface area contributed by atoms with E-state index in [9.17, 15) is 9.59 Å². The lowest BCUT2D eigenvalue weighted by atomic mass is 10.0. The Morgan fingerprint density at radius 1 is 1.35 bits per heavy atom. The number of anilines is 1. The van der Waals surface area contributed by atoms with Crippen LogP contribution in [-0.4, -0.2) is 24.4 Å². The van der Waals surface area contributed by atoms with Crippen LogP contribution < -0.4 is 10.2 Å². The summed E-state index contributed by atoms with van der Waals surface area (Å²) in [5.74, 6) is -0.155. The minimum atomic E-state index is -0.499. The molecule has 5 heteroatoms. The van der Waals surface area contributed by atoms with E-state index in [0.717, 1.165) is 5.56 Å². The van der Waals surface area contributed by atoms with Crippen molar-refractivity contribution in [1.29, 1.82) is 0 Å². The monoisotopic (exact) mass is 294 g/mol. The molecule has 0 aliphatic carbocycles. The second-order valence-electron chi connectivity index (χ2n) is 5.48. The fourth-order valence-electron chi connectivity index (χ4n) is 2.32. The molecule has 0 bridgehead atoms. The Labute approximate surface area is 124 Å². The minimum absolute atomic E-state index is 0.0376. The topological polar surface area (TPSA) is 49.4 Å². The molecule has 1 aliphatic rings. The van der Waals surface area contributed by atoms with Crippen LogP contribution in [0.5, 0.6) is 0 Å². The van der Waals surface area contributed by atoms with Crippen LogP contribution in [0.3, 0.4) is 0 Å². The molecule has 0 radical (unpaired) electrons. The molecule has 0 saturated carbocycles. The molecule has 1 unspecified atom stereocenters. The first-order chi connectivity index (χ1) is 9.40. The molecule has 2 amide bonds. The molecule has 2 rings (SSSR count). The summed E-state index contributed by atoms with van der Waals surface area (Å²) in [7, 11) is 0. The number of amides is 2. The maximum atomic E-state index is 12.6. The molecule has 1 atom stereocenters. The van der Waals surface area contributed by atoms with Gasteiger partial charge in [-0.05, 0) is 30.5 Å². The molecular formula is C15H19ClN2O2. The summed E-state index contributed by atoms with van der Waals surface area (Å²) < 4.78 is 0. The summed E-state index contributed by atoms with van der Waals surface area (Å²) in [6, 6.07) is 5.07. The summed E-state index contributed by atoms with van der Waals surface area (Å²) in [6.07, 6.45) is 0.291. The highest BCUT2D eigenvalue weighted by molar-refractivity contribution is 6.34. The normalized spacial score (nSPS) is 20.1. The summed E-state index contributed by atoms with van der Waals surface area (Å²) in [5, 5.41) is 3.32. The molecule has 1 aromatic rings. The van der Waals surface area contributed by atoms with E-state index in [1.54, 1.807) is 11.0 Å². The fraction of sp³-hybridized carbons (Fsp3) is 0.467. The van der Waals surface area contributed by atoms with Gasteiger partial charge in [0.15, 0.2) is 0 Å². The van der Waals surface area contributed by atoms with Gasteiger partial charge in [-0.1, -0.05) is 31.5 Å². The van der Waals surface area contributed by atoms with E-state index in [-0.39, 0.29) is 17.7 Å². The van der Waals surface area contributed by atoms with Crippen molar-refractivity contribution < 1.29 is 9.59 Å². The van der Waals surface area contributed by atoms with Crippen LogP contribution in [0, 0.1) is 12.8 Å². The van der Waals surface area contributed by atoms with Gasteiger partial charge >= 0.3 is 0 Å². The summed E-state index contributed by atoms with van der Waals surface area (Å²) >= 11 is 6.21. The molecule has 1 heterocycles. The quantitative estimate of drug-likeness (QED) is 0.911. The Morgan fingerprint density at radius 2 is 2.05 bits per heavy atom. The van der Waals surface area contributed by atoms with E-state index >= 15 is 0 Å². The number of halogens is 1. The number of benzene rings is 1. The van der Waals surface area contributed by atoms with Gasteiger partial charge in [0.05, 0.1) is 10.7 Å². The number of hydrogen-bond donors (Lipinski definition) is 1. The average Bonchev–Trinajstić information content (AvgIpc) is 2.53. The standard InChI is InChI=1S/C15H19ClN2O2/c1-9(2)14-15(20)18(7-6-13(19)17-14)12-8-10(3)4-5-11(12)16/h4-5,8-9,14H,6-7H2,1-3H3,(H,17,19). The highest BCUT2D eigenvalue weighted by Gasteiger charge is 2.33. The third-order valence-corrected chi connectivity index (χ3v) is 3.79. The Morgan fingerprint density at radius 3 is 2.70 bits per heavy atom. The highest BCUT2D eigenvalue weighted by atomic mass is 35.5. The van der Waals surface area contributed by atoms with Crippen LogP contribution in [-0.2, 0) is 9.59 Å². The lowest BCUT2D eigenvalue weighted by Crippen LogP contribution is -2.48. The number of hydrogen-bond acceptors (Lipinski definition) is 2.